The molecule has 1 atom stereocenters. The zero-order valence-corrected chi connectivity index (χ0v) is 9.99. The van der Waals surface area contributed by atoms with Crippen LogP contribution in [0.2, 0.25) is 0 Å². The summed E-state index contributed by atoms with van der Waals surface area (Å²) in [5.74, 6) is 5.01. The minimum Gasteiger partial charge on any atom is -0.271 e. The van der Waals surface area contributed by atoms with Crippen LogP contribution < -0.4 is 11.3 Å². The van der Waals surface area contributed by atoms with Gasteiger partial charge in [-0.25, -0.2) is 5.43 Å². The van der Waals surface area contributed by atoms with E-state index in [1.807, 2.05) is 0 Å². The molecule has 0 aliphatic heterocycles. The molecule has 15 heavy (non-hydrogen) atoms. The van der Waals surface area contributed by atoms with Gasteiger partial charge in [0.25, 0.3) is 0 Å². The Balaban J connectivity index is 3.48. The molecule has 0 bridgehead atoms. The minimum absolute atomic E-state index is 0.319. The number of nitrogens with two attached hydrogens (primary N) is 1. The third kappa shape index (κ3) is 7.94. The Morgan fingerprint density at radius 2 is 1.73 bits per heavy atom. The van der Waals surface area contributed by atoms with Gasteiger partial charge in [0.05, 0.1) is 6.04 Å². The molecule has 3 N–H and O–H groups in total. The molecule has 0 amide bonds. The van der Waals surface area contributed by atoms with Gasteiger partial charge in [-0.2, -0.15) is 8.78 Å². The van der Waals surface area contributed by atoms with Crippen molar-refractivity contribution in [1.82, 2.24) is 5.43 Å². The van der Waals surface area contributed by atoms with Gasteiger partial charge < -0.3 is 0 Å². The number of hydrogen-bond donors (Lipinski definition) is 2. The lowest BCUT2D eigenvalue weighted by Crippen LogP contribution is -2.45. The van der Waals surface area contributed by atoms with E-state index in [2.05, 4.69) is 12.3 Å². The molecular formula is C10H21ClF2N2. The number of unbranched alkanes of at least 4 members (excludes halogenated alkanes) is 5. The molecule has 0 radical (unpaired) electrons. The zero-order chi connectivity index (χ0) is 11.7. The summed E-state index contributed by atoms with van der Waals surface area (Å²) in [4.78, 5) is 0. The second-order valence-electron chi connectivity index (χ2n) is 3.82. The second-order valence-corrected chi connectivity index (χ2v) is 4.32. The van der Waals surface area contributed by atoms with Crippen molar-refractivity contribution in [1.29, 1.82) is 0 Å². The summed E-state index contributed by atoms with van der Waals surface area (Å²) >= 11 is 4.89. The van der Waals surface area contributed by atoms with Crippen LogP contribution in [0.5, 0.6) is 0 Å². The molecule has 0 aromatic carbocycles. The largest absolute Gasteiger partial charge is 0.338 e. The van der Waals surface area contributed by atoms with Gasteiger partial charge in [0.15, 0.2) is 0 Å². The molecule has 0 aromatic heterocycles. The van der Waals surface area contributed by atoms with Crippen LogP contribution in [0.3, 0.4) is 0 Å². The molecule has 0 aliphatic carbocycles. The minimum atomic E-state index is -3.25. The van der Waals surface area contributed by atoms with E-state index in [0.29, 0.717) is 6.42 Å². The number of halogens is 3. The number of alkyl halides is 3. The highest BCUT2D eigenvalue weighted by Gasteiger charge is 2.35. The fourth-order valence-corrected chi connectivity index (χ4v) is 1.64. The van der Waals surface area contributed by atoms with E-state index in [1.54, 1.807) is 0 Å². The van der Waals surface area contributed by atoms with E-state index in [4.69, 9.17) is 17.4 Å². The Bertz CT molecular complexity index is 151. The van der Waals surface area contributed by atoms with Crippen LogP contribution in [0.1, 0.15) is 51.9 Å². The topological polar surface area (TPSA) is 38.0 Å². The smallest absolute Gasteiger partial charge is 0.271 e. The van der Waals surface area contributed by atoms with Gasteiger partial charge in [-0.05, 0) is 18.0 Å². The summed E-state index contributed by atoms with van der Waals surface area (Å²) in [7, 11) is 0. The van der Waals surface area contributed by atoms with Crippen molar-refractivity contribution >= 4 is 11.6 Å². The first-order valence-corrected chi connectivity index (χ1v) is 5.93. The first kappa shape index (κ1) is 15.1. The summed E-state index contributed by atoms with van der Waals surface area (Å²) in [6.45, 7) is 2.14. The lowest BCUT2D eigenvalue weighted by Gasteiger charge is -2.20. The molecule has 1 unspecified atom stereocenters. The molecule has 0 rings (SSSR count). The van der Waals surface area contributed by atoms with Crippen LogP contribution in [0, 0.1) is 0 Å². The zero-order valence-electron chi connectivity index (χ0n) is 9.24. The van der Waals surface area contributed by atoms with Crippen LogP contribution in [-0.4, -0.2) is 11.4 Å². The van der Waals surface area contributed by atoms with Crippen molar-refractivity contribution in [3.63, 3.8) is 0 Å². The number of nitrogens with one attached hydrogen (secondary N) is 1. The van der Waals surface area contributed by atoms with Crippen LogP contribution in [-0.2, 0) is 0 Å². The van der Waals surface area contributed by atoms with E-state index in [1.165, 1.54) is 19.3 Å². The standard InChI is InChI=1S/C10H21ClF2N2/c1-2-3-4-5-6-7-8-9(15-14)10(11,12)13/h9,15H,2-8,14H2,1H3. The SMILES string of the molecule is CCCCCCCCC(NN)C(F)(F)Cl. The maximum atomic E-state index is 12.6. The fraction of sp³-hybridized carbons (Fsp3) is 1.00. The van der Waals surface area contributed by atoms with E-state index < -0.39 is 11.4 Å². The van der Waals surface area contributed by atoms with Gasteiger partial charge >= 0.3 is 5.38 Å². The molecule has 2 nitrogen and oxygen atoms in total. The highest BCUT2D eigenvalue weighted by atomic mass is 35.5. The van der Waals surface area contributed by atoms with E-state index in [9.17, 15) is 8.78 Å². The normalized spacial score (nSPS) is 14.2. The molecule has 0 aliphatic rings. The molecule has 0 saturated carbocycles. The van der Waals surface area contributed by atoms with Crippen LogP contribution >= 0.6 is 11.6 Å². The van der Waals surface area contributed by atoms with Crippen molar-refractivity contribution in [2.24, 2.45) is 5.84 Å². The second kappa shape index (κ2) is 8.25. The van der Waals surface area contributed by atoms with Gasteiger partial charge in [-0.1, -0.05) is 45.4 Å². The molecule has 0 fully saturated rings. The maximum absolute atomic E-state index is 12.6. The molecule has 92 valence electrons. The molecular weight excluding hydrogens is 222 g/mol. The third-order valence-corrected chi connectivity index (χ3v) is 2.71. The van der Waals surface area contributed by atoms with Crippen LogP contribution in [0.25, 0.3) is 0 Å². The molecule has 0 spiro atoms. The first-order valence-electron chi connectivity index (χ1n) is 5.55. The van der Waals surface area contributed by atoms with Crippen LogP contribution in [0.4, 0.5) is 8.78 Å². The highest BCUT2D eigenvalue weighted by molar-refractivity contribution is 6.22. The molecule has 0 saturated heterocycles. The predicted octanol–water partition coefficient (Wildman–Crippen LogP) is 3.40. The molecule has 0 heterocycles. The van der Waals surface area contributed by atoms with Gasteiger partial charge in [0.2, 0.25) is 0 Å². The first-order chi connectivity index (χ1) is 7.02. The van der Waals surface area contributed by atoms with Gasteiger partial charge in [0, 0.05) is 0 Å². The lowest BCUT2D eigenvalue weighted by atomic mass is 10.1. The van der Waals surface area contributed by atoms with Gasteiger partial charge in [-0.15, -0.1) is 0 Å². The fourth-order valence-electron chi connectivity index (χ4n) is 1.47. The van der Waals surface area contributed by atoms with Crippen molar-refractivity contribution in [3.05, 3.63) is 0 Å². The Morgan fingerprint density at radius 1 is 1.20 bits per heavy atom. The lowest BCUT2D eigenvalue weighted by molar-refractivity contribution is 0.0456. The summed E-state index contributed by atoms with van der Waals surface area (Å²) in [5.41, 5.74) is 2.06. The van der Waals surface area contributed by atoms with Crippen molar-refractivity contribution in [3.8, 4) is 0 Å². The molecule has 5 heteroatoms. The predicted molar refractivity (Wildman–Crippen MR) is 59.9 cm³/mol. The van der Waals surface area contributed by atoms with Gasteiger partial charge in [0.1, 0.15) is 0 Å². The monoisotopic (exact) mass is 242 g/mol. The number of hydrogen-bond acceptors (Lipinski definition) is 2. The quantitative estimate of drug-likeness (QED) is 0.282. The Hall–Kier alpha value is 0.0700. The Morgan fingerprint density at radius 3 is 2.20 bits per heavy atom. The highest BCUT2D eigenvalue weighted by Crippen LogP contribution is 2.26. The third-order valence-electron chi connectivity index (χ3n) is 2.44. The van der Waals surface area contributed by atoms with Gasteiger partial charge in [-0.3, -0.25) is 5.84 Å². The maximum Gasteiger partial charge on any atom is 0.338 e. The van der Waals surface area contributed by atoms with E-state index in [0.717, 1.165) is 19.3 Å². The summed E-state index contributed by atoms with van der Waals surface area (Å²) < 4.78 is 25.3. The van der Waals surface area contributed by atoms with Crippen molar-refractivity contribution < 1.29 is 8.78 Å². The van der Waals surface area contributed by atoms with E-state index >= 15 is 0 Å². The summed E-state index contributed by atoms with van der Waals surface area (Å²) in [6, 6.07) is -1.12. The average molecular weight is 243 g/mol. The Labute approximate surface area is 95.5 Å². The Kier molecular flexibility index (Phi) is 8.29. The van der Waals surface area contributed by atoms with E-state index in [-0.39, 0.29) is 0 Å². The number of hydrazine groups is 1. The van der Waals surface area contributed by atoms with Crippen LogP contribution in [0.15, 0.2) is 0 Å². The summed E-state index contributed by atoms with van der Waals surface area (Å²) in [6.07, 6.45) is 6.69. The molecule has 0 aromatic rings. The van der Waals surface area contributed by atoms with Crippen molar-refractivity contribution in [2.75, 3.05) is 0 Å². The summed E-state index contributed by atoms with van der Waals surface area (Å²) in [5, 5.41) is -3.25. The number of rotatable bonds is 9. The van der Waals surface area contributed by atoms with Crippen molar-refractivity contribution in [2.45, 2.75) is 63.3 Å². The average Bonchev–Trinajstić information content (AvgIpc) is 2.15.